The van der Waals surface area contributed by atoms with Gasteiger partial charge in [0.05, 0.1) is 16.1 Å². The molecule has 3 rings (SSSR count). The van der Waals surface area contributed by atoms with Crippen LogP contribution in [-0.4, -0.2) is 22.2 Å². The molecule has 0 aliphatic rings. The van der Waals surface area contributed by atoms with Crippen molar-refractivity contribution >= 4 is 34.3 Å². The SMILES string of the molecule is O=C(O)c1cc(-c2cccc3ccccc23)c(C(=O)O)cc1Cl. The smallest absolute Gasteiger partial charge is 0.337 e. The number of halogens is 1. The summed E-state index contributed by atoms with van der Waals surface area (Å²) in [5.74, 6) is -2.36. The average molecular weight is 327 g/mol. The lowest BCUT2D eigenvalue weighted by atomic mass is 9.93. The van der Waals surface area contributed by atoms with E-state index in [1.807, 2.05) is 30.3 Å². The summed E-state index contributed by atoms with van der Waals surface area (Å²) in [6.07, 6.45) is 0. The third-order valence-corrected chi connectivity index (χ3v) is 3.96. The van der Waals surface area contributed by atoms with Gasteiger partial charge in [0.1, 0.15) is 0 Å². The highest BCUT2D eigenvalue weighted by Crippen LogP contribution is 2.34. The van der Waals surface area contributed by atoms with E-state index in [0.717, 1.165) is 10.8 Å². The summed E-state index contributed by atoms with van der Waals surface area (Å²) in [6, 6.07) is 15.5. The van der Waals surface area contributed by atoms with Crippen LogP contribution >= 0.6 is 11.6 Å². The Morgan fingerprint density at radius 2 is 1.43 bits per heavy atom. The average Bonchev–Trinajstić information content (AvgIpc) is 2.53. The molecule has 3 aromatic rings. The summed E-state index contributed by atoms with van der Waals surface area (Å²) in [4.78, 5) is 22.9. The number of carboxylic acids is 2. The van der Waals surface area contributed by atoms with E-state index in [9.17, 15) is 19.8 Å². The first kappa shape index (κ1) is 15.1. The van der Waals surface area contributed by atoms with Gasteiger partial charge in [0.2, 0.25) is 0 Å². The summed E-state index contributed by atoms with van der Waals surface area (Å²) in [6.45, 7) is 0. The van der Waals surface area contributed by atoms with Crippen molar-refractivity contribution in [3.05, 3.63) is 70.7 Å². The number of aromatic carboxylic acids is 2. The van der Waals surface area contributed by atoms with E-state index < -0.39 is 11.9 Å². The van der Waals surface area contributed by atoms with E-state index in [1.165, 1.54) is 12.1 Å². The molecule has 0 amide bonds. The van der Waals surface area contributed by atoms with Gasteiger partial charge >= 0.3 is 11.9 Å². The standard InChI is InChI=1S/C18H11ClO4/c19-16-9-14(17(20)21)13(8-15(16)18(22)23)12-7-3-5-10-4-1-2-6-11(10)12/h1-9H,(H,20,21)(H,22,23). The lowest BCUT2D eigenvalue weighted by Crippen LogP contribution is -2.05. The molecule has 4 nitrogen and oxygen atoms in total. The van der Waals surface area contributed by atoms with Crippen molar-refractivity contribution in [2.45, 2.75) is 0 Å². The van der Waals surface area contributed by atoms with Crippen LogP contribution in [0.25, 0.3) is 21.9 Å². The van der Waals surface area contributed by atoms with Crippen molar-refractivity contribution in [3.63, 3.8) is 0 Å². The molecule has 5 heteroatoms. The Kier molecular flexibility index (Phi) is 3.76. The summed E-state index contributed by atoms with van der Waals surface area (Å²) >= 11 is 5.90. The Morgan fingerprint density at radius 1 is 0.783 bits per heavy atom. The predicted octanol–water partition coefficient (Wildman–Crippen LogP) is 4.56. The second-order valence-electron chi connectivity index (χ2n) is 5.01. The zero-order chi connectivity index (χ0) is 16.6. The first-order valence-electron chi connectivity index (χ1n) is 6.77. The van der Waals surface area contributed by atoms with E-state index in [1.54, 1.807) is 12.1 Å². The molecule has 0 radical (unpaired) electrons. The van der Waals surface area contributed by atoms with Crippen LogP contribution in [0.4, 0.5) is 0 Å². The number of carbonyl (C=O) groups is 2. The maximum absolute atomic E-state index is 11.6. The van der Waals surface area contributed by atoms with Gasteiger partial charge in [-0.2, -0.15) is 0 Å². The molecule has 0 atom stereocenters. The van der Waals surface area contributed by atoms with Crippen molar-refractivity contribution in [1.82, 2.24) is 0 Å². The van der Waals surface area contributed by atoms with Gasteiger partial charge in [0, 0.05) is 0 Å². The van der Waals surface area contributed by atoms with Crippen LogP contribution in [0, 0.1) is 0 Å². The summed E-state index contributed by atoms with van der Waals surface area (Å²) < 4.78 is 0. The largest absolute Gasteiger partial charge is 0.478 e. The summed E-state index contributed by atoms with van der Waals surface area (Å²) in [5, 5.41) is 20.4. The first-order valence-corrected chi connectivity index (χ1v) is 7.15. The third-order valence-electron chi connectivity index (χ3n) is 3.65. The highest BCUT2D eigenvalue weighted by Gasteiger charge is 2.19. The molecule has 2 N–H and O–H groups in total. The highest BCUT2D eigenvalue weighted by molar-refractivity contribution is 6.34. The molecule has 0 spiro atoms. The first-order chi connectivity index (χ1) is 11.0. The molecule has 3 aromatic carbocycles. The van der Waals surface area contributed by atoms with Gasteiger partial charge < -0.3 is 10.2 Å². The molecular weight excluding hydrogens is 316 g/mol. The minimum Gasteiger partial charge on any atom is -0.478 e. The van der Waals surface area contributed by atoms with Crippen LogP contribution < -0.4 is 0 Å². The molecule has 0 bridgehead atoms. The van der Waals surface area contributed by atoms with Gasteiger partial charge in [-0.05, 0) is 34.0 Å². The zero-order valence-corrected chi connectivity index (χ0v) is 12.5. The normalized spacial score (nSPS) is 10.7. The maximum atomic E-state index is 11.6. The Morgan fingerprint density at radius 3 is 2.13 bits per heavy atom. The number of carboxylic acid groups (broad SMARTS) is 2. The number of rotatable bonds is 3. The van der Waals surface area contributed by atoms with Crippen LogP contribution in [0.1, 0.15) is 20.7 Å². The monoisotopic (exact) mass is 326 g/mol. The fourth-order valence-corrected chi connectivity index (χ4v) is 2.84. The topological polar surface area (TPSA) is 74.6 Å². The quantitative estimate of drug-likeness (QED) is 0.740. The van der Waals surface area contributed by atoms with Crippen molar-refractivity contribution < 1.29 is 19.8 Å². The molecule has 0 aliphatic carbocycles. The Balaban J connectivity index is 2.39. The molecular formula is C18H11ClO4. The van der Waals surface area contributed by atoms with Gasteiger partial charge in [-0.3, -0.25) is 0 Å². The predicted molar refractivity (Wildman–Crippen MR) is 88.3 cm³/mol. The fraction of sp³-hybridized carbons (Fsp3) is 0. The van der Waals surface area contributed by atoms with E-state index >= 15 is 0 Å². The van der Waals surface area contributed by atoms with Gasteiger partial charge in [-0.25, -0.2) is 9.59 Å². The molecule has 0 aromatic heterocycles. The van der Waals surface area contributed by atoms with Crippen molar-refractivity contribution in [2.24, 2.45) is 0 Å². The highest BCUT2D eigenvalue weighted by atomic mass is 35.5. The van der Waals surface area contributed by atoms with Crippen molar-refractivity contribution in [3.8, 4) is 11.1 Å². The maximum Gasteiger partial charge on any atom is 0.337 e. The molecule has 0 saturated heterocycles. The Hall–Kier alpha value is -2.85. The van der Waals surface area contributed by atoms with E-state index in [4.69, 9.17) is 11.6 Å². The number of fused-ring (bicyclic) bond motifs is 1. The molecule has 114 valence electrons. The Bertz CT molecular complexity index is 942. The minimum atomic E-state index is -1.20. The zero-order valence-electron chi connectivity index (χ0n) is 11.8. The van der Waals surface area contributed by atoms with Crippen LogP contribution in [-0.2, 0) is 0 Å². The molecule has 0 fully saturated rings. The van der Waals surface area contributed by atoms with E-state index in [0.29, 0.717) is 11.1 Å². The lowest BCUT2D eigenvalue weighted by Gasteiger charge is -2.12. The van der Waals surface area contributed by atoms with E-state index in [2.05, 4.69) is 0 Å². The third kappa shape index (κ3) is 2.64. The van der Waals surface area contributed by atoms with E-state index in [-0.39, 0.29) is 16.1 Å². The number of benzene rings is 3. The second-order valence-corrected chi connectivity index (χ2v) is 5.42. The fourth-order valence-electron chi connectivity index (χ4n) is 2.60. The number of hydrogen-bond acceptors (Lipinski definition) is 2. The molecule has 0 unspecified atom stereocenters. The van der Waals surface area contributed by atoms with Crippen molar-refractivity contribution in [1.29, 1.82) is 0 Å². The number of hydrogen-bond donors (Lipinski definition) is 2. The van der Waals surface area contributed by atoms with Gasteiger partial charge in [-0.1, -0.05) is 54.1 Å². The van der Waals surface area contributed by atoms with Gasteiger partial charge in [0.15, 0.2) is 0 Å². The lowest BCUT2D eigenvalue weighted by molar-refractivity contribution is 0.0682. The summed E-state index contributed by atoms with van der Waals surface area (Å²) in [5.41, 5.74) is 0.826. The van der Waals surface area contributed by atoms with Crippen LogP contribution in [0.3, 0.4) is 0 Å². The molecule has 0 saturated carbocycles. The van der Waals surface area contributed by atoms with Gasteiger partial charge in [-0.15, -0.1) is 0 Å². The van der Waals surface area contributed by atoms with Crippen LogP contribution in [0.15, 0.2) is 54.6 Å². The van der Waals surface area contributed by atoms with Crippen LogP contribution in [0.5, 0.6) is 0 Å². The second kappa shape index (κ2) is 5.74. The molecule has 0 heterocycles. The Labute approximate surface area is 136 Å². The summed E-state index contributed by atoms with van der Waals surface area (Å²) in [7, 11) is 0. The minimum absolute atomic E-state index is 0.0312. The van der Waals surface area contributed by atoms with Crippen LogP contribution in [0.2, 0.25) is 5.02 Å². The van der Waals surface area contributed by atoms with Crippen molar-refractivity contribution in [2.75, 3.05) is 0 Å². The molecule has 0 aliphatic heterocycles. The van der Waals surface area contributed by atoms with Gasteiger partial charge in [0.25, 0.3) is 0 Å². The molecule has 23 heavy (non-hydrogen) atoms.